The lowest BCUT2D eigenvalue weighted by Crippen LogP contribution is -2.31. The van der Waals surface area contributed by atoms with E-state index in [9.17, 15) is 4.79 Å². The van der Waals surface area contributed by atoms with Gasteiger partial charge in [-0.2, -0.15) is 0 Å². The number of para-hydroxylation sites is 1. The van der Waals surface area contributed by atoms with Crippen LogP contribution in [0.15, 0.2) is 48.5 Å². The van der Waals surface area contributed by atoms with Crippen molar-refractivity contribution < 1.29 is 9.53 Å². The van der Waals surface area contributed by atoms with E-state index in [1.165, 1.54) is 0 Å². The second-order valence-electron chi connectivity index (χ2n) is 5.90. The molecule has 3 rings (SSSR count). The first-order chi connectivity index (χ1) is 11.7. The Hall–Kier alpha value is -2.04. The van der Waals surface area contributed by atoms with Crippen molar-refractivity contribution in [1.29, 1.82) is 0 Å². The van der Waals surface area contributed by atoms with Gasteiger partial charge in [0, 0.05) is 13.1 Å². The van der Waals surface area contributed by atoms with Gasteiger partial charge in [-0.25, -0.2) is 0 Å². The molecule has 5 heteroatoms. The van der Waals surface area contributed by atoms with Gasteiger partial charge in [-0.05, 0) is 36.2 Å². The number of rotatable bonds is 6. The van der Waals surface area contributed by atoms with Gasteiger partial charge in [0.25, 0.3) is 0 Å². The number of nitrogens with one attached hydrogen (secondary N) is 2. The van der Waals surface area contributed by atoms with E-state index >= 15 is 0 Å². The first-order valence-corrected chi connectivity index (χ1v) is 8.54. The minimum Gasteiger partial charge on any atom is -0.487 e. The quantitative estimate of drug-likeness (QED) is 0.846. The highest BCUT2D eigenvalue weighted by atomic mass is 35.5. The standard InChI is InChI=1S/C19H21ClN2O2/c20-17-7-3-4-8-18(17)24-13-16-6-2-1-5-14(16)12-22-19(23)15-9-10-21-11-15/h1-8,15,21H,9-13H2,(H,22,23). The smallest absolute Gasteiger partial charge is 0.224 e. The molecule has 2 aromatic carbocycles. The highest BCUT2D eigenvalue weighted by Crippen LogP contribution is 2.24. The van der Waals surface area contributed by atoms with Gasteiger partial charge in [-0.3, -0.25) is 4.79 Å². The number of hydrogen-bond donors (Lipinski definition) is 2. The van der Waals surface area contributed by atoms with Gasteiger partial charge in [-0.1, -0.05) is 48.0 Å². The first-order valence-electron chi connectivity index (χ1n) is 8.16. The Balaban J connectivity index is 1.60. The maximum atomic E-state index is 12.2. The molecule has 0 radical (unpaired) electrons. The van der Waals surface area contributed by atoms with Crippen molar-refractivity contribution in [2.24, 2.45) is 5.92 Å². The van der Waals surface area contributed by atoms with Crippen LogP contribution < -0.4 is 15.4 Å². The van der Waals surface area contributed by atoms with E-state index in [2.05, 4.69) is 10.6 Å². The molecule has 1 fully saturated rings. The lowest BCUT2D eigenvalue weighted by atomic mass is 10.1. The van der Waals surface area contributed by atoms with Crippen LogP contribution in [0.5, 0.6) is 5.75 Å². The normalized spacial score (nSPS) is 16.8. The fourth-order valence-electron chi connectivity index (χ4n) is 2.79. The molecule has 0 aromatic heterocycles. The van der Waals surface area contributed by atoms with Crippen molar-refractivity contribution in [2.75, 3.05) is 13.1 Å². The van der Waals surface area contributed by atoms with Gasteiger partial charge in [0.1, 0.15) is 12.4 Å². The van der Waals surface area contributed by atoms with E-state index in [-0.39, 0.29) is 11.8 Å². The number of hydrogen-bond acceptors (Lipinski definition) is 3. The summed E-state index contributed by atoms with van der Waals surface area (Å²) < 4.78 is 5.82. The zero-order valence-corrected chi connectivity index (χ0v) is 14.2. The average Bonchev–Trinajstić information content (AvgIpc) is 3.14. The highest BCUT2D eigenvalue weighted by molar-refractivity contribution is 6.32. The third-order valence-electron chi connectivity index (χ3n) is 4.22. The second-order valence-corrected chi connectivity index (χ2v) is 6.30. The van der Waals surface area contributed by atoms with Gasteiger partial charge in [0.05, 0.1) is 10.9 Å². The number of benzene rings is 2. The van der Waals surface area contributed by atoms with E-state index in [0.717, 1.165) is 30.6 Å². The SMILES string of the molecule is O=C(NCc1ccccc1COc1ccccc1Cl)C1CCNC1. The van der Waals surface area contributed by atoms with Crippen LogP contribution in [0, 0.1) is 5.92 Å². The van der Waals surface area contributed by atoms with E-state index in [1.54, 1.807) is 6.07 Å². The molecular formula is C19H21ClN2O2. The predicted molar refractivity (Wildman–Crippen MR) is 95.0 cm³/mol. The third kappa shape index (κ3) is 4.28. The monoisotopic (exact) mass is 344 g/mol. The van der Waals surface area contributed by atoms with Crippen molar-refractivity contribution in [3.63, 3.8) is 0 Å². The molecule has 1 aliphatic rings. The molecule has 0 spiro atoms. The Morgan fingerprint density at radius 1 is 1.17 bits per heavy atom. The molecule has 0 saturated carbocycles. The highest BCUT2D eigenvalue weighted by Gasteiger charge is 2.22. The maximum Gasteiger partial charge on any atom is 0.224 e. The molecule has 0 aliphatic carbocycles. The molecule has 0 bridgehead atoms. The summed E-state index contributed by atoms with van der Waals surface area (Å²) in [6, 6.07) is 15.4. The number of ether oxygens (including phenoxy) is 1. The molecule has 1 unspecified atom stereocenters. The van der Waals surface area contributed by atoms with Crippen LogP contribution in [0.1, 0.15) is 17.5 Å². The summed E-state index contributed by atoms with van der Waals surface area (Å²) in [7, 11) is 0. The summed E-state index contributed by atoms with van der Waals surface area (Å²) in [5, 5.41) is 6.84. The Morgan fingerprint density at radius 2 is 1.92 bits per heavy atom. The van der Waals surface area contributed by atoms with Gasteiger partial charge < -0.3 is 15.4 Å². The topological polar surface area (TPSA) is 50.4 Å². The third-order valence-corrected chi connectivity index (χ3v) is 4.53. The van der Waals surface area contributed by atoms with Crippen LogP contribution in [0.3, 0.4) is 0 Å². The summed E-state index contributed by atoms with van der Waals surface area (Å²) in [5.41, 5.74) is 2.10. The summed E-state index contributed by atoms with van der Waals surface area (Å²) in [6.45, 7) is 2.61. The van der Waals surface area contributed by atoms with Gasteiger partial charge >= 0.3 is 0 Å². The zero-order valence-electron chi connectivity index (χ0n) is 13.4. The molecule has 24 heavy (non-hydrogen) atoms. The number of amides is 1. The van der Waals surface area contributed by atoms with Gasteiger partial charge in [-0.15, -0.1) is 0 Å². The van der Waals surface area contributed by atoms with Crippen LogP contribution in [-0.4, -0.2) is 19.0 Å². The van der Waals surface area contributed by atoms with Crippen molar-refractivity contribution in [3.05, 3.63) is 64.7 Å². The number of carbonyl (C=O) groups is 1. The summed E-state index contributed by atoms with van der Waals surface area (Å²) in [4.78, 5) is 12.2. The Kier molecular flexibility index (Phi) is 5.72. The van der Waals surface area contributed by atoms with E-state index in [4.69, 9.17) is 16.3 Å². The lowest BCUT2D eigenvalue weighted by Gasteiger charge is -2.14. The molecule has 126 valence electrons. The molecule has 1 saturated heterocycles. The van der Waals surface area contributed by atoms with Crippen LogP contribution in [0.4, 0.5) is 0 Å². The van der Waals surface area contributed by atoms with Crippen LogP contribution >= 0.6 is 11.6 Å². The largest absolute Gasteiger partial charge is 0.487 e. The lowest BCUT2D eigenvalue weighted by molar-refractivity contribution is -0.124. The summed E-state index contributed by atoms with van der Waals surface area (Å²) in [6.07, 6.45) is 0.906. The second kappa shape index (κ2) is 8.18. The molecule has 2 N–H and O–H groups in total. The van der Waals surface area contributed by atoms with Gasteiger partial charge in [0.2, 0.25) is 5.91 Å². The first kappa shape index (κ1) is 16.8. The summed E-state index contributed by atoms with van der Waals surface area (Å²) >= 11 is 6.12. The molecule has 1 aliphatic heterocycles. The van der Waals surface area contributed by atoms with Crippen molar-refractivity contribution in [3.8, 4) is 5.75 Å². The molecule has 4 nitrogen and oxygen atoms in total. The minimum absolute atomic E-state index is 0.0801. The van der Waals surface area contributed by atoms with Crippen molar-refractivity contribution >= 4 is 17.5 Å². The molecule has 1 atom stereocenters. The van der Waals surface area contributed by atoms with Crippen LogP contribution in [0.25, 0.3) is 0 Å². The molecule has 1 amide bonds. The Morgan fingerprint density at radius 3 is 2.67 bits per heavy atom. The van der Waals surface area contributed by atoms with Crippen molar-refractivity contribution in [1.82, 2.24) is 10.6 Å². The average molecular weight is 345 g/mol. The molecule has 2 aromatic rings. The van der Waals surface area contributed by atoms with E-state index in [1.807, 2.05) is 42.5 Å². The van der Waals surface area contributed by atoms with Crippen LogP contribution in [-0.2, 0) is 17.9 Å². The van der Waals surface area contributed by atoms with Crippen molar-refractivity contribution in [2.45, 2.75) is 19.6 Å². The number of halogens is 1. The fraction of sp³-hybridized carbons (Fsp3) is 0.316. The summed E-state index contributed by atoms with van der Waals surface area (Å²) in [5.74, 6) is 0.855. The Labute approximate surface area is 147 Å². The Bertz CT molecular complexity index is 699. The minimum atomic E-state index is 0.0801. The fourth-order valence-corrected chi connectivity index (χ4v) is 2.98. The van der Waals surface area contributed by atoms with Crippen LogP contribution in [0.2, 0.25) is 5.02 Å². The maximum absolute atomic E-state index is 12.2. The predicted octanol–water partition coefficient (Wildman–Crippen LogP) is 3.14. The number of carbonyl (C=O) groups excluding carboxylic acids is 1. The molecular weight excluding hydrogens is 324 g/mol. The zero-order chi connectivity index (χ0) is 16.8. The van der Waals surface area contributed by atoms with E-state index in [0.29, 0.717) is 23.9 Å². The van der Waals surface area contributed by atoms with Gasteiger partial charge in [0.15, 0.2) is 0 Å². The van der Waals surface area contributed by atoms with E-state index < -0.39 is 0 Å². The molecule has 1 heterocycles.